The number of nitrogens with zero attached hydrogens (tertiary/aromatic N) is 3. The Bertz CT molecular complexity index is 1060. The number of aliphatic imine (C=N–C) groups is 1. The van der Waals surface area contributed by atoms with Crippen molar-refractivity contribution >= 4 is 24.3 Å². The summed E-state index contributed by atoms with van der Waals surface area (Å²) in [5.74, 6) is 1.06. The first-order valence-electron chi connectivity index (χ1n) is 12.9. The summed E-state index contributed by atoms with van der Waals surface area (Å²) in [6.45, 7) is 0.694. The molecule has 1 aliphatic heterocycles. The van der Waals surface area contributed by atoms with Crippen molar-refractivity contribution in [2.24, 2.45) is 16.8 Å². The van der Waals surface area contributed by atoms with Gasteiger partial charge in [-0.15, -0.1) is 0 Å². The Morgan fingerprint density at radius 1 is 1.16 bits per heavy atom. The molecule has 0 saturated heterocycles. The number of rotatable bonds is 9. The molecule has 3 unspecified atom stereocenters. The molecule has 1 fully saturated rings. The maximum absolute atomic E-state index is 14.0. The average Bonchev–Trinajstić information content (AvgIpc) is 3.22. The van der Waals surface area contributed by atoms with E-state index >= 15 is 0 Å². The number of carbonyl (C=O) groups excluding carboxylic acids is 1. The van der Waals surface area contributed by atoms with Crippen LogP contribution in [0.15, 0.2) is 59.6 Å². The van der Waals surface area contributed by atoms with E-state index in [0.717, 1.165) is 31.2 Å². The molecule has 0 spiro atoms. The summed E-state index contributed by atoms with van der Waals surface area (Å²) in [6, 6.07) is 17.4. The van der Waals surface area contributed by atoms with E-state index in [9.17, 15) is 9.18 Å². The van der Waals surface area contributed by atoms with Crippen molar-refractivity contribution in [3.63, 3.8) is 0 Å². The Kier molecular flexibility index (Phi) is 9.13. The first-order chi connectivity index (χ1) is 17.9. The van der Waals surface area contributed by atoms with Gasteiger partial charge in [-0.05, 0) is 81.1 Å². The van der Waals surface area contributed by atoms with Gasteiger partial charge in [0.1, 0.15) is 5.82 Å². The molecule has 0 radical (unpaired) electrons. The lowest BCUT2D eigenvalue weighted by molar-refractivity contribution is -0.0589. The van der Waals surface area contributed by atoms with Crippen molar-refractivity contribution in [3.05, 3.63) is 71.5 Å². The molecule has 1 aliphatic carbocycles. The summed E-state index contributed by atoms with van der Waals surface area (Å²) < 4.78 is 24.9. The normalized spacial score (nSPS) is 26.3. The van der Waals surface area contributed by atoms with Crippen LogP contribution < -0.4 is 0 Å². The minimum atomic E-state index is -0.998. The Labute approximate surface area is 224 Å². The molecule has 1 heterocycles. The van der Waals surface area contributed by atoms with Gasteiger partial charge in [-0.3, -0.25) is 0 Å². The van der Waals surface area contributed by atoms with Gasteiger partial charge in [0.05, 0.1) is 25.2 Å². The molecule has 200 valence electrons. The van der Waals surface area contributed by atoms with Crippen LogP contribution in [0, 0.1) is 17.7 Å². The van der Waals surface area contributed by atoms with E-state index in [4.69, 9.17) is 14.5 Å². The van der Waals surface area contributed by atoms with Crippen molar-refractivity contribution in [1.29, 1.82) is 0 Å². The van der Waals surface area contributed by atoms with E-state index in [1.54, 1.807) is 23.9 Å². The molecule has 37 heavy (non-hydrogen) atoms. The lowest BCUT2D eigenvalue weighted by Crippen LogP contribution is -2.55. The highest BCUT2D eigenvalue weighted by Gasteiger charge is 2.53. The van der Waals surface area contributed by atoms with Gasteiger partial charge >= 0.3 is 6.16 Å². The second kappa shape index (κ2) is 12.3. The number of benzene rings is 2. The minimum Gasteiger partial charge on any atom is -0.438 e. The maximum atomic E-state index is 14.0. The number of halogens is 1. The zero-order chi connectivity index (χ0) is 26.4. The van der Waals surface area contributed by atoms with Crippen LogP contribution in [-0.4, -0.2) is 67.3 Å². The van der Waals surface area contributed by atoms with E-state index in [-0.39, 0.29) is 23.8 Å². The Hall–Kier alpha value is -2.58. The predicted molar refractivity (Wildman–Crippen MR) is 147 cm³/mol. The molecule has 0 amide bonds. The van der Waals surface area contributed by atoms with Gasteiger partial charge in [0.2, 0.25) is 5.72 Å². The van der Waals surface area contributed by atoms with E-state index in [1.165, 1.54) is 18.7 Å². The minimum absolute atomic E-state index is 0.0906. The van der Waals surface area contributed by atoms with Gasteiger partial charge in [0, 0.05) is 12.6 Å². The largest absolute Gasteiger partial charge is 0.510 e. The maximum Gasteiger partial charge on any atom is 0.510 e. The van der Waals surface area contributed by atoms with Gasteiger partial charge in [-0.1, -0.05) is 42.5 Å². The number of carbonyl (C=O) groups is 1. The van der Waals surface area contributed by atoms with E-state index in [0.29, 0.717) is 18.2 Å². The van der Waals surface area contributed by atoms with Gasteiger partial charge < -0.3 is 19.3 Å². The monoisotopic (exact) mass is 527 g/mol. The molecule has 8 heteroatoms. The molecule has 2 aliphatic rings. The van der Waals surface area contributed by atoms with E-state index < -0.39 is 11.9 Å². The van der Waals surface area contributed by atoms with Crippen molar-refractivity contribution in [1.82, 2.24) is 9.80 Å². The third-order valence-corrected chi connectivity index (χ3v) is 8.39. The van der Waals surface area contributed by atoms with Crippen LogP contribution >= 0.6 is 11.8 Å². The quantitative estimate of drug-likeness (QED) is 0.374. The van der Waals surface area contributed by atoms with Crippen LogP contribution in [-0.2, 0) is 16.0 Å². The summed E-state index contributed by atoms with van der Waals surface area (Å²) in [5, 5.41) is 0. The van der Waals surface area contributed by atoms with Crippen LogP contribution in [0.1, 0.15) is 42.9 Å². The number of ether oxygens (including phenoxy) is 2. The second-order valence-electron chi connectivity index (χ2n) is 10.3. The fourth-order valence-electron chi connectivity index (χ4n) is 6.24. The average molecular weight is 528 g/mol. The third kappa shape index (κ3) is 6.29. The van der Waals surface area contributed by atoms with Crippen molar-refractivity contribution in [2.75, 3.05) is 33.2 Å². The first kappa shape index (κ1) is 27.5. The van der Waals surface area contributed by atoms with E-state index in [1.807, 2.05) is 36.9 Å². The molecule has 0 N–H and O–H groups in total. The Morgan fingerprint density at radius 2 is 1.89 bits per heavy atom. The molecule has 2 aromatic rings. The number of hydrogen-bond acceptors (Lipinski definition) is 7. The molecule has 0 aromatic heterocycles. The summed E-state index contributed by atoms with van der Waals surface area (Å²) in [5.41, 5.74) is 1.21. The van der Waals surface area contributed by atoms with Gasteiger partial charge in [0.25, 0.3) is 0 Å². The second-order valence-corrected chi connectivity index (χ2v) is 11.2. The fourth-order valence-corrected chi connectivity index (χ4v) is 6.96. The zero-order valence-corrected chi connectivity index (χ0v) is 23.0. The number of hydrogen-bond donors (Lipinski definition) is 0. The number of thioether (sulfide) groups is 1. The van der Waals surface area contributed by atoms with Crippen LogP contribution in [0.4, 0.5) is 9.18 Å². The number of methoxy groups -OCH3 is 1. The van der Waals surface area contributed by atoms with Crippen LogP contribution in [0.3, 0.4) is 0 Å². The fraction of sp³-hybridized carbons (Fsp3) is 0.517. The Morgan fingerprint density at radius 3 is 2.51 bits per heavy atom. The Balaban J connectivity index is 1.57. The third-order valence-electron chi connectivity index (χ3n) is 7.69. The molecule has 3 atom stereocenters. The van der Waals surface area contributed by atoms with Crippen LogP contribution in [0.25, 0.3) is 0 Å². The van der Waals surface area contributed by atoms with Crippen molar-refractivity contribution in [2.45, 2.75) is 50.0 Å². The van der Waals surface area contributed by atoms with E-state index in [2.05, 4.69) is 36.0 Å². The predicted octanol–water partition coefficient (Wildman–Crippen LogP) is 5.99. The highest BCUT2D eigenvalue weighted by Crippen LogP contribution is 2.45. The molecule has 1 saturated carbocycles. The van der Waals surface area contributed by atoms with Gasteiger partial charge in [0.15, 0.2) is 0 Å². The molecule has 4 rings (SSSR count). The standard InChI is InChI=1S/C29H38FN3O3S/c1-32(2)26(24-11-8-12-25(30)17-24)22-13-15-23(16-14-22)27-29(19-37-4,36-28(34)35-3)31-20-33(27)18-21-9-6-5-7-10-21/h5-12,17,20,22-23,26-27H,13-16,18-19H2,1-4H3. The van der Waals surface area contributed by atoms with Crippen molar-refractivity contribution < 1.29 is 18.7 Å². The van der Waals surface area contributed by atoms with Gasteiger partial charge in [-0.25, -0.2) is 14.2 Å². The highest BCUT2D eigenvalue weighted by atomic mass is 32.2. The smallest absolute Gasteiger partial charge is 0.438 e. The zero-order valence-electron chi connectivity index (χ0n) is 22.2. The molecule has 0 bridgehead atoms. The molecule has 6 nitrogen and oxygen atoms in total. The highest BCUT2D eigenvalue weighted by molar-refractivity contribution is 7.98. The van der Waals surface area contributed by atoms with Gasteiger partial charge in [-0.2, -0.15) is 11.8 Å². The summed E-state index contributed by atoms with van der Waals surface area (Å²) in [7, 11) is 5.48. The van der Waals surface area contributed by atoms with Crippen LogP contribution in [0.2, 0.25) is 0 Å². The van der Waals surface area contributed by atoms with Crippen LogP contribution in [0.5, 0.6) is 0 Å². The SMILES string of the molecule is COC(=O)OC1(CSC)N=CN(Cc2ccccc2)C1C1CCC(C(c2cccc(F)c2)N(C)C)CC1. The summed E-state index contributed by atoms with van der Waals surface area (Å²) in [4.78, 5) is 21.6. The topological polar surface area (TPSA) is 54.4 Å². The molecule has 2 aromatic carbocycles. The summed E-state index contributed by atoms with van der Waals surface area (Å²) in [6.07, 6.45) is 7.13. The lowest BCUT2D eigenvalue weighted by Gasteiger charge is -2.44. The first-order valence-corrected chi connectivity index (χ1v) is 14.3. The molecular formula is C29H38FN3O3S. The summed E-state index contributed by atoms with van der Waals surface area (Å²) >= 11 is 1.62. The lowest BCUT2D eigenvalue weighted by atomic mass is 9.72. The van der Waals surface area contributed by atoms with Crippen molar-refractivity contribution in [3.8, 4) is 0 Å². The molecular weight excluding hydrogens is 489 g/mol.